The second-order valence-corrected chi connectivity index (χ2v) is 3.29. The van der Waals surface area contributed by atoms with E-state index in [0.717, 1.165) is 0 Å². The highest BCUT2D eigenvalue weighted by Crippen LogP contribution is 2.15. The third-order valence-electron chi connectivity index (χ3n) is 1.25. The number of aliphatic hydroxyl groups is 1. The molecule has 1 aromatic rings. The van der Waals surface area contributed by atoms with E-state index in [1.807, 2.05) is 0 Å². The number of nitrogens with one attached hydrogen (secondary N) is 1. The summed E-state index contributed by atoms with van der Waals surface area (Å²) < 4.78 is 4.98. The van der Waals surface area contributed by atoms with E-state index in [0.29, 0.717) is 17.5 Å². The number of aliphatic hydroxyl groups excluding tert-OH is 1. The lowest BCUT2D eigenvalue weighted by atomic mass is 10.4. The van der Waals surface area contributed by atoms with Crippen LogP contribution in [0.25, 0.3) is 0 Å². The van der Waals surface area contributed by atoms with Crippen LogP contribution in [0.3, 0.4) is 0 Å². The van der Waals surface area contributed by atoms with Gasteiger partial charge in [-0.15, -0.1) is 0 Å². The molecule has 1 rings (SSSR count). The number of hydrogen-bond donors (Lipinski definition) is 2. The van der Waals surface area contributed by atoms with Crippen molar-refractivity contribution in [2.45, 2.75) is 11.3 Å². The maximum atomic E-state index is 9.30. The van der Waals surface area contributed by atoms with Gasteiger partial charge in [0.1, 0.15) is 6.26 Å². The fourth-order valence-corrected chi connectivity index (χ4v) is 1.46. The average Bonchev–Trinajstić information content (AvgIpc) is 2.53. The highest BCUT2D eigenvalue weighted by molar-refractivity contribution is 7.99. The lowest BCUT2D eigenvalue weighted by Crippen LogP contribution is -2.25. The molecule has 12 heavy (non-hydrogen) atoms. The summed E-state index contributed by atoms with van der Waals surface area (Å²) in [5.74, 6) is 0.599. The predicted octanol–water partition coefficient (Wildman–Crippen LogP) is 0.347. The fraction of sp³-hybridized carbons (Fsp3) is 0.571. The summed E-state index contributed by atoms with van der Waals surface area (Å²) in [5.41, 5.74) is 0. The first kappa shape index (κ1) is 9.57. The van der Waals surface area contributed by atoms with Gasteiger partial charge < -0.3 is 14.8 Å². The molecule has 0 aliphatic carbocycles. The zero-order chi connectivity index (χ0) is 8.81. The minimum Gasteiger partial charge on any atom is -0.440 e. The maximum Gasteiger partial charge on any atom is 0.255 e. The standard InChI is InChI=1S/C7H12N2O2S/c1-8-4-6(10)5-12-7-9-2-3-11-7/h2-3,6,8,10H,4-5H2,1H3. The third kappa shape index (κ3) is 3.25. The van der Waals surface area contributed by atoms with Gasteiger partial charge in [-0.3, -0.25) is 0 Å². The summed E-state index contributed by atoms with van der Waals surface area (Å²) in [4.78, 5) is 3.91. The summed E-state index contributed by atoms with van der Waals surface area (Å²) in [6.07, 6.45) is 2.76. The van der Waals surface area contributed by atoms with Gasteiger partial charge in [-0.05, 0) is 7.05 Å². The van der Waals surface area contributed by atoms with Crippen molar-refractivity contribution < 1.29 is 9.52 Å². The van der Waals surface area contributed by atoms with Crippen molar-refractivity contribution in [1.29, 1.82) is 0 Å². The van der Waals surface area contributed by atoms with Gasteiger partial charge in [0.2, 0.25) is 0 Å². The van der Waals surface area contributed by atoms with Crippen molar-refractivity contribution >= 4 is 11.8 Å². The molecule has 0 saturated carbocycles. The molecule has 0 spiro atoms. The molecule has 5 heteroatoms. The molecule has 68 valence electrons. The van der Waals surface area contributed by atoms with E-state index in [2.05, 4.69) is 10.3 Å². The van der Waals surface area contributed by atoms with Crippen LogP contribution in [0.1, 0.15) is 0 Å². The molecule has 0 bridgehead atoms. The van der Waals surface area contributed by atoms with E-state index in [1.54, 1.807) is 13.2 Å². The molecule has 1 atom stereocenters. The zero-order valence-electron chi connectivity index (χ0n) is 6.86. The van der Waals surface area contributed by atoms with Gasteiger partial charge in [0.05, 0.1) is 12.3 Å². The minimum atomic E-state index is -0.355. The SMILES string of the molecule is CNCC(O)CSc1ncco1. The van der Waals surface area contributed by atoms with Crippen LogP contribution in [0.5, 0.6) is 0 Å². The van der Waals surface area contributed by atoms with Crippen molar-refractivity contribution in [1.82, 2.24) is 10.3 Å². The van der Waals surface area contributed by atoms with Crippen molar-refractivity contribution in [2.24, 2.45) is 0 Å². The number of thioether (sulfide) groups is 1. The van der Waals surface area contributed by atoms with Gasteiger partial charge in [0.15, 0.2) is 0 Å². The van der Waals surface area contributed by atoms with E-state index in [4.69, 9.17) is 4.42 Å². The number of aromatic nitrogens is 1. The van der Waals surface area contributed by atoms with Crippen LogP contribution in [-0.2, 0) is 0 Å². The molecular formula is C7H12N2O2S. The van der Waals surface area contributed by atoms with Gasteiger partial charge in [-0.1, -0.05) is 11.8 Å². The molecule has 4 nitrogen and oxygen atoms in total. The number of hydrogen-bond acceptors (Lipinski definition) is 5. The van der Waals surface area contributed by atoms with Gasteiger partial charge in [0.25, 0.3) is 5.22 Å². The van der Waals surface area contributed by atoms with Crippen LogP contribution < -0.4 is 5.32 Å². The Hall–Kier alpha value is -0.520. The zero-order valence-corrected chi connectivity index (χ0v) is 7.67. The first-order valence-electron chi connectivity index (χ1n) is 3.68. The van der Waals surface area contributed by atoms with Crippen LogP contribution in [0.4, 0.5) is 0 Å². The number of oxazole rings is 1. The summed E-state index contributed by atoms with van der Waals surface area (Å²) >= 11 is 1.41. The van der Waals surface area contributed by atoms with Crippen LogP contribution in [0.2, 0.25) is 0 Å². The van der Waals surface area contributed by atoms with Crippen molar-refractivity contribution in [3.8, 4) is 0 Å². The predicted molar refractivity (Wildman–Crippen MR) is 47.2 cm³/mol. The Kier molecular flexibility index (Phi) is 4.13. The molecule has 0 aromatic carbocycles. The van der Waals surface area contributed by atoms with Crippen molar-refractivity contribution in [3.05, 3.63) is 12.5 Å². The van der Waals surface area contributed by atoms with Gasteiger partial charge in [-0.25, -0.2) is 4.98 Å². The Morgan fingerprint density at radius 3 is 3.25 bits per heavy atom. The summed E-state index contributed by atoms with van der Waals surface area (Å²) in [7, 11) is 1.80. The topological polar surface area (TPSA) is 58.3 Å². The van der Waals surface area contributed by atoms with E-state index in [9.17, 15) is 5.11 Å². The second-order valence-electron chi connectivity index (χ2n) is 2.32. The molecular weight excluding hydrogens is 176 g/mol. The molecule has 0 amide bonds. The monoisotopic (exact) mass is 188 g/mol. The number of likely N-dealkylation sites (N-methyl/N-ethyl adjacent to an activating group) is 1. The number of rotatable bonds is 5. The van der Waals surface area contributed by atoms with E-state index < -0.39 is 0 Å². The lowest BCUT2D eigenvalue weighted by molar-refractivity contribution is 0.198. The van der Waals surface area contributed by atoms with Gasteiger partial charge in [-0.2, -0.15) is 0 Å². The first-order valence-corrected chi connectivity index (χ1v) is 4.66. The molecule has 0 aliphatic heterocycles. The highest BCUT2D eigenvalue weighted by atomic mass is 32.2. The Morgan fingerprint density at radius 1 is 1.83 bits per heavy atom. The van der Waals surface area contributed by atoms with Crippen molar-refractivity contribution in [2.75, 3.05) is 19.3 Å². The highest BCUT2D eigenvalue weighted by Gasteiger charge is 2.05. The van der Waals surface area contributed by atoms with Crippen LogP contribution >= 0.6 is 11.8 Å². The lowest BCUT2D eigenvalue weighted by Gasteiger charge is -2.06. The van der Waals surface area contributed by atoms with Gasteiger partial charge >= 0.3 is 0 Å². The summed E-state index contributed by atoms with van der Waals surface area (Å²) in [6.45, 7) is 0.591. The van der Waals surface area contributed by atoms with Crippen LogP contribution in [0.15, 0.2) is 22.1 Å². The van der Waals surface area contributed by atoms with E-state index >= 15 is 0 Å². The first-order chi connectivity index (χ1) is 5.83. The number of nitrogens with zero attached hydrogens (tertiary/aromatic N) is 1. The molecule has 1 unspecified atom stereocenters. The molecule has 0 aliphatic rings. The van der Waals surface area contributed by atoms with Crippen molar-refractivity contribution in [3.63, 3.8) is 0 Å². The Morgan fingerprint density at radius 2 is 2.67 bits per heavy atom. The molecule has 0 radical (unpaired) electrons. The third-order valence-corrected chi connectivity index (χ3v) is 2.25. The largest absolute Gasteiger partial charge is 0.440 e. The Balaban J connectivity index is 2.17. The quantitative estimate of drug-likeness (QED) is 0.653. The van der Waals surface area contributed by atoms with Crippen LogP contribution in [-0.4, -0.2) is 35.5 Å². The molecule has 0 saturated heterocycles. The second kappa shape index (κ2) is 5.18. The summed E-state index contributed by atoms with van der Waals surface area (Å²) in [6, 6.07) is 0. The summed E-state index contributed by atoms with van der Waals surface area (Å²) in [5, 5.41) is 12.8. The van der Waals surface area contributed by atoms with E-state index in [-0.39, 0.29) is 6.10 Å². The fourth-order valence-electron chi connectivity index (χ4n) is 0.744. The molecule has 0 fully saturated rings. The van der Waals surface area contributed by atoms with Crippen LogP contribution in [0, 0.1) is 0 Å². The normalized spacial score (nSPS) is 13.2. The smallest absolute Gasteiger partial charge is 0.255 e. The van der Waals surface area contributed by atoms with Gasteiger partial charge in [0, 0.05) is 12.3 Å². The minimum absolute atomic E-state index is 0.355. The molecule has 2 N–H and O–H groups in total. The molecule has 1 aromatic heterocycles. The Bertz CT molecular complexity index is 203. The molecule has 1 heterocycles. The average molecular weight is 188 g/mol. The maximum absolute atomic E-state index is 9.30. The van der Waals surface area contributed by atoms with E-state index in [1.165, 1.54) is 18.0 Å². The Labute approximate surface area is 75.4 Å².